The van der Waals surface area contributed by atoms with Crippen LogP contribution < -0.4 is 11.1 Å². The van der Waals surface area contributed by atoms with Gasteiger partial charge in [0.05, 0.1) is 48.3 Å². The number of ether oxygens (including phenoxy) is 1. The number of carbonyl (C=O) groups excluding carboxylic acids is 2. The van der Waals surface area contributed by atoms with Crippen LogP contribution in [0.5, 0.6) is 0 Å². The van der Waals surface area contributed by atoms with Crippen LogP contribution in [-0.2, 0) is 11.3 Å². The highest BCUT2D eigenvalue weighted by atomic mass is 19.1. The van der Waals surface area contributed by atoms with Crippen molar-refractivity contribution in [2.24, 2.45) is 11.7 Å². The summed E-state index contributed by atoms with van der Waals surface area (Å²) in [6.07, 6.45) is 6.11. The number of alkyl halides is 1. The number of carbonyl (C=O) groups is 2. The van der Waals surface area contributed by atoms with Crippen molar-refractivity contribution in [1.82, 2.24) is 29.3 Å². The molecular weight excluding hydrogens is 443 g/mol. The maximum atomic E-state index is 13.9. The molecule has 0 spiro atoms. The molecule has 3 N–H and O–H groups in total. The molecule has 12 heteroatoms. The second-order valence-corrected chi connectivity index (χ2v) is 9.33. The predicted octanol–water partition coefficient (Wildman–Crippen LogP) is 2.33. The summed E-state index contributed by atoms with van der Waals surface area (Å²) in [6.45, 7) is 7.75. The van der Waals surface area contributed by atoms with Gasteiger partial charge >= 0.3 is 6.09 Å². The first-order chi connectivity index (χ1) is 16.1. The van der Waals surface area contributed by atoms with Gasteiger partial charge in [-0.2, -0.15) is 10.2 Å². The number of halogens is 1. The number of imidazole rings is 1. The van der Waals surface area contributed by atoms with Gasteiger partial charge in [0, 0.05) is 37.3 Å². The normalized spacial score (nSPS) is 18.4. The van der Waals surface area contributed by atoms with E-state index in [4.69, 9.17) is 10.5 Å². The lowest BCUT2D eigenvalue weighted by molar-refractivity contribution is 0.0286. The fourth-order valence-corrected chi connectivity index (χ4v) is 3.92. The van der Waals surface area contributed by atoms with Crippen LogP contribution in [0.1, 0.15) is 38.1 Å². The fourth-order valence-electron chi connectivity index (χ4n) is 3.92. The van der Waals surface area contributed by atoms with Gasteiger partial charge in [-0.3, -0.25) is 13.9 Å². The zero-order valence-corrected chi connectivity index (χ0v) is 19.7. The number of hydrogen-bond donors (Lipinski definition) is 2. The summed E-state index contributed by atoms with van der Waals surface area (Å²) in [5, 5.41) is 11.8. The van der Waals surface area contributed by atoms with Crippen molar-refractivity contribution in [3.63, 3.8) is 0 Å². The lowest BCUT2D eigenvalue weighted by Crippen LogP contribution is -2.36. The number of rotatable bonds is 6. The van der Waals surface area contributed by atoms with Crippen LogP contribution in [-0.4, -0.2) is 72.7 Å². The number of amides is 2. The number of aryl methyl sites for hydroxylation is 1. The number of anilines is 1. The number of nitrogens with two attached hydrogens (primary N) is 1. The zero-order valence-electron chi connectivity index (χ0n) is 19.7. The Bertz CT molecular complexity index is 1210. The van der Waals surface area contributed by atoms with Gasteiger partial charge in [-0.25, -0.2) is 14.3 Å². The SMILES string of the molecule is CCn1cc(-c2cn3ncc(C(N)=O)c(NC4CN(C(=O)OC(C)(C)C)CC4CF)c3n2)cn1. The maximum absolute atomic E-state index is 13.9. The van der Waals surface area contributed by atoms with E-state index in [-0.39, 0.29) is 18.7 Å². The first-order valence-electron chi connectivity index (χ1n) is 11.1. The molecule has 3 aromatic heterocycles. The smallest absolute Gasteiger partial charge is 0.410 e. The molecule has 11 nitrogen and oxygen atoms in total. The first kappa shape index (κ1) is 23.5. The molecule has 0 aromatic carbocycles. The van der Waals surface area contributed by atoms with Crippen LogP contribution >= 0.6 is 0 Å². The number of primary amides is 1. The molecule has 4 rings (SSSR count). The molecular formula is C22H29FN8O3. The third kappa shape index (κ3) is 4.66. The summed E-state index contributed by atoms with van der Waals surface area (Å²) < 4.78 is 22.6. The van der Waals surface area contributed by atoms with E-state index in [1.807, 2.05) is 13.1 Å². The number of nitrogens with zero attached hydrogens (tertiary/aromatic N) is 6. The van der Waals surface area contributed by atoms with Gasteiger partial charge in [-0.1, -0.05) is 0 Å². The average Bonchev–Trinajstić information content (AvgIpc) is 3.49. The van der Waals surface area contributed by atoms with Gasteiger partial charge in [0.15, 0.2) is 5.65 Å². The number of nitrogens with one attached hydrogen (secondary N) is 1. The van der Waals surface area contributed by atoms with Gasteiger partial charge in [-0.15, -0.1) is 0 Å². The number of likely N-dealkylation sites (tertiary alicyclic amines) is 1. The van der Waals surface area contributed by atoms with Crippen LogP contribution in [0, 0.1) is 5.92 Å². The van der Waals surface area contributed by atoms with Gasteiger partial charge in [0.25, 0.3) is 5.91 Å². The molecule has 2 amide bonds. The van der Waals surface area contributed by atoms with Crippen molar-refractivity contribution in [1.29, 1.82) is 0 Å². The highest BCUT2D eigenvalue weighted by Crippen LogP contribution is 2.29. The van der Waals surface area contributed by atoms with Crippen molar-refractivity contribution >= 4 is 23.3 Å². The largest absolute Gasteiger partial charge is 0.444 e. The van der Waals surface area contributed by atoms with E-state index in [0.29, 0.717) is 23.6 Å². The van der Waals surface area contributed by atoms with Crippen LogP contribution in [0.2, 0.25) is 0 Å². The van der Waals surface area contributed by atoms with Crippen LogP contribution in [0.3, 0.4) is 0 Å². The Morgan fingerprint density at radius 2 is 2.00 bits per heavy atom. The van der Waals surface area contributed by atoms with Crippen molar-refractivity contribution < 1.29 is 18.7 Å². The van der Waals surface area contributed by atoms with Gasteiger partial charge in [0.1, 0.15) is 5.60 Å². The van der Waals surface area contributed by atoms with Crippen molar-refractivity contribution in [3.05, 3.63) is 30.4 Å². The van der Waals surface area contributed by atoms with Gasteiger partial charge in [-0.05, 0) is 27.7 Å². The molecule has 2 atom stereocenters. The average molecular weight is 473 g/mol. The monoisotopic (exact) mass is 472 g/mol. The molecule has 0 bridgehead atoms. The molecule has 34 heavy (non-hydrogen) atoms. The first-order valence-corrected chi connectivity index (χ1v) is 11.1. The van der Waals surface area contributed by atoms with Crippen LogP contribution in [0.25, 0.3) is 16.9 Å². The Hall–Kier alpha value is -3.70. The van der Waals surface area contributed by atoms with E-state index in [1.54, 1.807) is 37.8 Å². The predicted molar refractivity (Wildman–Crippen MR) is 123 cm³/mol. The fraction of sp³-hybridized carbons (Fsp3) is 0.500. The minimum absolute atomic E-state index is 0.127. The lowest BCUT2D eigenvalue weighted by atomic mass is 10.0. The third-order valence-corrected chi connectivity index (χ3v) is 5.63. The minimum Gasteiger partial charge on any atom is -0.444 e. The van der Waals surface area contributed by atoms with E-state index in [1.165, 1.54) is 15.6 Å². The summed E-state index contributed by atoms with van der Waals surface area (Å²) >= 11 is 0. The second-order valence-electron chi connectivity index (χ2n) is 9.33. The van der Waals surface area contributed by atoms with Gasteiger partial charge < -0.3 is 20.7 Å². The molecule has 1 saturated heterocycles. The summed E-state index contributed by atoms with van der Waals surface area (Å²) in [6, 6.07) is -0.482. The minimum atomic E-state index is -0.695. The van der Waals surface area contributed by atoms with E-state index >= 15 is 0 Å². The standard InChI is InChI=1S/C22H29FN8O3/c1-5-30-10-14(7-25-30)17-12-31-20(28-17)18(15(8-26-31)19(24)32)27-16-11-29(9-13(16)6-23)21(33)34-22(2,3)4/h7-8,10,12-13,16,27H,5-6,9,11H2,1-4H3,(H2,24,32). The summed E-state index contributed by atoms with van der Waals surface area (Å²) in [5.74, 6) is -1.20. The highest BCUT2D eigenvalue weighted by molar-refractivity contribution is 6.01. The lowest BCUT2D eigenvalue weighted by Gasteiger charge is -2.24. The Morgan fingerprint density at radius 1 is 1.24 bits per heavy atom. The van der Waals surface area contributed by atoms with E-state index in [9.17, 15) is 14.0 Å². The Balaban J connectivity index is 1.67. The van der Waals surface area contributed by atoms with Crippen molar-refractivity contribution in [2.45, 2.75) is 45.9 Å². The Labute approximate surface area is 196 Å². The third-order valence-electron chi connectivity index (χ3n) is 5.63. The number of aromatic nitrogens is 5. The van der Waals surface area contributed by atoms with E-state index < -0.39 is 36.2 Å². The quantitative estimate of drug-likeness (QED) is 0.563. The Morgan fingerprint density at radius 3 is 2.62 bits per heavy atom. The van der Waals surface area contributed by atoms with Gasteiger partial charge in [0.2, 0.25) is 0 Å². The van der Waals surface area contributed by atoms with Crippen LogP contribution in [0.4, 0.5) is 14.9 Å². The van der Waals surface area contributed by atoms with E-state index in [2.05, 4.69) is 20.5 Å². The molecule has 1 aliphatic rings. The second kappa shape index (κ2) is 8.92. The molecule has 2 unspecified atom stereocenters. The van der Waals surface area contributed by atoms with Crippen molar-refractivity contribution in [2.75, 3.05) is 25.1 Å². The summed E-state index contributed by atoms with van der Waals surface area (Å²) in [5.41, 5.74) is 7.17. The van der Waals surface area contributed by atoms with Crippen LogP contribution in [0.15, 0.2) is 24.8 Å². The maximum Gasteiger partial charge on any atom is 0.410 e. The van der Waals surface area contributed by atoms with Crippen molar-refractivity contribution in [3.8, 4) is 11.3 Å². The molecule has 0 radical (unpaired) electrons. The summed E-state index contributed by atoms with van der Waals surface area (Å²) in [4.78, 5) is 30.8. The molecule has 3 aromatic rings. The Kier molecular flexibility index (Phi) is 6.15. The number of fused-ring (bicyclic) bond motifs is 1. The number of hydrogen-bond acceptors (Lipinski definition) is 7. The molecule has 0 saturated carbocycles. The molecule has 182 valence electrons. The molecule has 1 aliphatic heterocycles. The molecule has 1 fully saturated rings. The summed E-state index contributed by atoms with van der Waals surface area (Å²) in [7, 11) is 0. The van der Waals surface area contributed by atoms with E-state index in [0.717, 1.165) is 5.56 Å². The zero-order chi connectivity index (χ0) is 24.6. The topological polar surface area (TPSA) is 133 Å². The molecule has 0 aliphatic carbocycles. The molecule has 4 heterocycles. The highest BCUT2D eigenvalue weighted by Gasteiger charge is 2.38.